The van der Waals surface area contributed by atoms with Crippen LogP contribution in [0.5, 0.6) is 0 Å². The van der Waals surface area contributed by atoms with Gasteiger partial charge in [-0.15, -0.1) is 11.3 Å². The molecular formula is C7H13N3O2S2. The van der Waals surface area contributed by atoms with Crippen LogP contribution in [-0.4, -0.2) is 25.7 Å². The Labute approximate surface area is 87.4 Å². The molecule has 0 unspecified atom stereocenters. The molecule has 1 rings (SSSR count). The van der Waals surface area contributed by atoms with Crippen molar-refractivity contribution in [3.63, 3.8) is 0 Å². The first-order valence-corrected chi connectivity index (χ1v) is 6.63. The Balaban J connectivity index is 2.59. The summed E-state index contributed by atoms with van der Waals surface area (Å²) in [5.74, 6) is 0.0438. The Morgan fingerprint density at radius 3 is 2.86 bits per heavy atom. The lowest BCUT2D eigenvalue weighted by Crippen LogP contribution is -2.18. The van der Waals surface area contributed by atoms with Crippen LogP contribution >= 0.6 is 11.3 Å². The van der Waals surface area contributed by atoms with Crippen LogP contribution in [0, 0.1) is 6.92 Å². The van der Waals surface area contributed by atoms with Crippen molar-refractivity contribution in [1.82, 2.24) is 4.98 Å². The van der Waals surface area contributed by atoms with E-state index in [-0.39, 0.29) is 5.75 Å². The van der Waals surface area contributed by atoms with Crippen LogP contribution < -0.4 is 10.5 Å². The van der Waals surface area contributed by atoms with E-state index in [1.165, 1.54) is 11.3 Å². The fraction of sp³-hybridized carbons (Fsp3) is 0.571. The van der Waals surface area contributed by atoms with Crippen LogP contribution in [0.3, 0.4) is 0 Å². The Kier molecular flexibility index (Phi) is 3.85. The highest BCUT2D eigenvalue weighted by Crippen LogP contribution is 2.17. The molecule has 1 aromatic rings. The first kappa shape index (κ1) is 11.4. The molecule has 0 aromatic carbocycles. The second-order valence-electron chi connectivity index (χ2n) is 2.84. The smallest absolute Gasteiger partial charge is 0.234 e. The van der Waals surface area contributed by atoms with Crippen molar-refractivity contribution in [3.8, 4) is 0 Å². The van der Waals surface area contributed by atoms with Gasteiger partial charge in [-0.1, -0.05) is 0 Å². The summed E-state index contributed by atoms with van der Waals surface area (Å²) in [5.41, 5.74) is 5.23. The molecule has 0 amide bonds. The minimum absolute atomic E-state index is 0.0438. The number of nitrogens with two attached hydrogens (primary N) is 1. The van der Waals surface area contributed by atoms with E-state index in [9.17, 15) is 8.42 Å². The second kappa shape index (κ2) is 4.72. The van der Waals surface area contributed by atoms with Gasteiger partial charge in [-0.2, -0.15) is 0 Å². The number of aromatic nitrogens is 1. The molecule has 0 radical (unpaired) electrons. The first-order chi connectivity index (χ1) is 6.53. The predicted octanol–water partition coefficient (Wildman–Crippen LogP) is 0.542. The molecule has 1 heterocycles. The van der Waals surface area contributed by atoms with Crippen molar-refractivity contribution in [3.05, 3.63) is 11.1 Å². The molecule has 0 saturated heterocycles. The Hall–Kier alpha value is -0.660. The van der Waals surface area contributed by atoms with Crippen molar-refractivity contribution in [2.45, 2.75) is 13.3 Å². The van der Waals surface area contributed by atoms with E-state index >= 15 is 0 Å². The fourth-order valence-corrected chi connectivity index (χ4v) is 2.89. The number of thiazole rings is 1. The number of rotatable bonds is 5. The van der Waals surface area contributed by atoms with Crippen molar-refractivity contribution < 1.29 is 8.42 Å². The lowest BCUT2D eigenvalue weighted by Gasteiger charge is -2.02. The lowest BCUT2D eigenvalue weighted by atomic mass is 10.5. The van der Waals surface area contributed by atoms with E-state index in [0.717, 1.165) is 4.88 Å². The van der Waals surface area contributed by atoms with Gasteiger partial charge in [0.1, 0.15) is 0 Å². The maximum Gasteiger partial charge on any atom is 0.234 e. The zero-order chi connectivity index (χ0) is 10.6. The zero-order valence-corrected chi connectivity index (χ0v) is 9.49. The Bertz CT molecular complexity index is 385. The monoisotopic (exact) mass is 235 g/mol. The summed E-state index contributed by atoms with van der Waals surface area (Å²) in [6.45, 7) is 2.24. The third-order valence-electron chi connectivity index (χ3n) is 1.48. The number of nitrogens with one attached hydrogen (secondary N) is 1. The van der Waals surface area contributed by atoms with Gasteiger partial charge in [-0.3, -0.25) is 4.72 Å². The first-order valence-electron chi connectivity index (χ1n) is 4.16. The Morgan fingerprint density at radius 1 is 1.64 bits per heavy atom. The fourth-order valence-electron chi connectivity index (χ4n) is 0.859. The minimum Gasteiger partial charge on any atom is -0.330 e. The molecule has 7 heteroatoms. The topological polar surface area (TPSA) is 85.1 Å². The van der Waals surface area contributed by atoms with Crippen molar-refractivity contribution >= 4 is 26.5 Å². The third kappa shape index (κ3) is 3.60. The highest BCUT2D eigenvalue weighted by Gasteiger charge is 2.11. The van der Waals surface area contributed by atoms with Gasteiger partial charge in [-0.25, -0.2) is 13.4 Å². The van der Waals surface area contributed by atoms with E-state index in [2.05, 4.69) is 9.71 Å². The molecule has 0 aliphatic rings. The van der Waals surface area contributed by atoms with Crippen LogP contribution in [0.1, 0.15) is 11.3 Å². The van der Waals surface area contributed by atoms with Crippen molar-refractivity contribution in [2.24, 2.45) is 5.73 Å². The van der Waals surface area contributed by atoms with E-state index in [4.69, 9.17) is 5.73 Å². The minimum atomic E-state index is -3.27. The number of nitrogens with zero attached hydrogens (tertiary/aromatic N) is 1. The van der Waals surface area contributed by atoms with Gasteiger partial charge in [0, 0.05) is 11.1 Å². The molecule has 0 spiro atoms. The van der Waals surface area contributed by atoms with Gasteiger partial charge in [0.05, 0.1) is 5.75 Å². The summed E-state index contributed by atoms with van der Waals surface area (Å²) in [5, 5.41) is 0.416. The highest BCUT2D eigenvalue weighted by atomic mass is 32.2. The Morgan fingerprint density at radius 2 is 2.36 bits per heavy atom. The SMILES string of the molecule is Cc1cnc(NS(=O)(=O)CCCN)s1. The number of hydrogen-bond acceptors (Lipinski definition) is 5. The summed E-state index contributed by atoms with van der Waals surface area (Å²) >= 11 is 1.32. The van der Waals surface area contributed by atoms with E-state index in [0.29, 0.717) is 18.1 Å². The van der Waals surface area contributed by atoms with E-state index in [1.807, 2.05) is 6.92 Å². The normalized spacial score (nSPS) is 11.6. The maximum absolute atomic E-state index is 11.4. The number of anilines is 1. The summed E-state index contributed by atoms with van der Waals surface area (Å²) in [4.78, 5) is 4.88. The van der Waals surface area contributed by atoms with Crippen LogP contribution in [0.25, 0.3) is 0 Å². The summed E-state index contributed by atoms with van der Waals surface area (Å²) in [6.07, 6.45) is 2.09. The van der Waals surface area contributed by atoms with Gasteiger partial charge in [0.15, 0.2) is 5.13 Å². The quantitative estimate of drug-likeness (QED) is 0.780. The molecular weight excluding hydrogens is 222 g/mol. The average Bonchev–Trinajstić information content (AvgIpc) is 2.47. The summed E-state index contributed by atoms with van der Waals surface area (Å²) in [6, 6.07) is 0. The molecule has 0 aliphatic carbocycles. The molecule has 3 N–H and O–H groups in total. The maximum atomic E-state index is 11.4. The van der Waals surface area contributed by atoms with Crippen LogP contribution in [0.4, 0.5) is 5.13 Å². The number of aryl methyl sites for hydroxylation is 1. The number of sulfonamides is 1. The molecule has 0 bridgehead atoms. The largest absolute Gasteiger partial charge is 0.330 e. The third-order valence-corrected chi connectivity index (χ3v) is 3.77. The molecule has 0 aliphatic heterocycles. The van der Waals surface area contributed by atoms with Gasteiger partial charge >= 0.3 is 0 Å². The van der Waals surface area contributed by atoms with Crippen molar-refractivity contribution in [2.75, 3.05) is 17.0 Å². The second-order valence-corrected chi connectivity index (χ2v) is 5.92. The summed E-state index contributed by atoms with van der Waals surface area (Å²) in [7, 11) is -3.27. The lowest BCUT2D eigenvalue weighted by molar-refractivity contribution is 0.598. The van der Waals surface area contributed by atoms with Crippen LogP contribution in [0.2, 0.25) is 0 Å². The van der Waals surface area contributed by atoms with Crippen molar-refractivity contribution in [1.29, 1.82) is 0 Å². The van der Waals surface area contributed by atoms with Gasteiger partial charge in [0.2, 0.25) is 10.0 Å². The van der Waals surface area contributed by atoms with Crippen LogP contribution in [-0.2, 0) is 10.0 Å². The molecule has 14 heavy (non-hydrogen) atoms. The van der Waals surface area contributed by atoms with Gasteiger partial charge in [0.25, 0.3) is 0 Å². The molecule has 1 aromatic heterocycles. The van der Waals surface area contributed by atoms with E-state index < -0.39 is 10.0 Å². The molecule has 5 nitrogen and oxygen atoms in total. The summed E-state index contributed by atoms with van der Waals surface area (Å²) < 4.78 is 25.1. The van der Waals surface area contributed by atoms with E-state index in [1.54, 1.807) is 6.20 Å². The molecule has 0 saturated carbocycles. The van der Waals surface area contributed by atoms with Gasteiger partial charge in [-0.05, 0) is 19.9 Å². The standard InChI is InChI=1S/C7H13N3O2S2/c1-6-5-9-7(13-6)10-14(11,12)4-2-3-8/h5H,2-4,8H2,1H3,(H,9,10). The molecule has 0 atom stereocenters. The number of hydrogen-bond donors (Lipinski definition) is 2. The van der Waals surface area contributed by atoms with Gasteiger partial charge < -0.3 is 5.73 Å². The molecule has 0 fully saturated rings. The van der Waals surface area contributed by atoms with Crippen LogP contribution in [0.15, 0.2) is 6.20 Å². The zero-order valence-electron chi connectivity index (χ0n) is 7.86. The highest BCUT2D eigenvalue weighted by molar-refractivity contribution is 7.92. The molecule has 80 valence electrons. The predicted molar refractivity (Wildman–Crippen MR) is 57.9 cm³/mol. The average molecular weight is 235 g/mol.